The summed E-state index contributed by atoms with van der Waals surface area (Å²) in [6, 6.07) is 16.4. The number of benzene rings is 2. The van der Waals surface area contributed by atoms with Gasteiger partial charge < -0.3 is 20.7 Å². The van der Waals surface area contributed by atoms with E-state index in [2.05, 4.69) is 34.5 Å². The molecule has 0 aliphatic heterocycles. The van der Waals surface area contributed by atoms with Gasteiger partial charge in [-0.05, 0) is 29.8 Å². The molecule has 2 rings (SSSR count). The van der Waals surface area contributed by atoms with Gasteiger partial charge in [0.15, 0.2) is 0 Å². The number of hydrogen-bond donors (Lipinski definition) is 2. The minimum Gasteiger partial charge on any atom is -0.497 e. The van der Waals surface area contributed by atoms with Gasteiger partial charge >= 0.3 is 0 Å². The number of ether oxygens (including phenoxy) is 1. The maximum atomic E-state index is 5.92. The molecule has 4 nitrogen and oxygen atoms in total. The molecule has 21 heavy (non-hydrogen) atoms. The van der Waals surface area contributed by atoms with Crippen LogP contribution >= 0.6 is 0 Å². The fourth-order valence-electron chi connectivity index (χ4n) is 2.20. The predicted octanol–water partition coefficient (Wildman–Crippen LogP) is 2.87. The van der Waals surface area contributed by atoms with E-state index in [9.17, 15) is 0 Å². The predicted molar refractivity (Wildman–Crippen MR) is 89.2 cm³/mol. The highest BCUT2D eigenvalue weighted by Gasteiger charge is 2.10. The van der Waals surface area contributed by atoms with Crippen molar-refractivity contribution < 1.29 is 4.74 Å². The molecule has 0 saturated carbocycles. The van der Waals surface area contributed by atoms with Crippen molar-refractivity contribution in [2.75, 3.05) is 38.0 Å². The van der Waals surface area contributed by atoms with Crippen LogP contribution < -0.4 is 20.7 Å². The molecule has 0 amide bonds. The normalized spacial score (nSPS) is 11.8. The van der Waals surface area contributed by atoms with Gasteiger partial charge in [-0.1, -0.05) is 18.2 Å². The molecule has 1 atom stereocenters. The Morgan fingerprint density at radius 2 is 1.86 bits per heavy atom. The molecule has 0 bridgehead atoms. The first-order chi connectivity index (χ1) is 10.1. The van der Waals surface area contributed by atoms with Crippen LogP contribution in [0.15, 0.2) is 48.5 Å². The minimum atomic E-state index is 0.0771. The fourth-order valence-corrected chi connectivity index (χ4v) is 2.20. The molecule has 0 radical (unpaired) electrons. The van der Waals surface area contributed by atoms with E-state index in [1.165, 1.54) is 11.3 Å². The van der Waals surface area contributed by atoms with Crippen molar-refractivity contribution in [1.29, 1.82) is 0 Å². The van der Waals surface area contributed by atoms with Crippen LogP contribution in [0, 0.1) is 0 Å². The Balaban J connectivity index is 2.15. The topological polar surface area (TPSA) is 50.5 Å². The molecule has 4 heteroatoms. The summed E-state index contributed by atoms with van der Waals surface area (Å²) in [5, 5.41) is 3.45. The molecule has 2 aromatic carbocycles. The van der Waals surface area contributed by atoms with Gasteiger partial charge in [-0.25, -0.2) is 0 Å². The summed E-state index contributed by atoms with van der Waals surface area (Å²) in [7, 11) is 5.73. The van der Waals surface area contributed by atoms with E-state index >= 15 is 0 Å². The third-order valence-electron chi connectivity index (χ3n) is 3.46. The number of methoxy groups -OCH3 is 1. The second-order valence-corrected chi connectivity index (χ2v) is 5.15. The zero-order valence-corrected chi connectivity index (χ0v) is 12.8. The molecule has 3 N–H and O–H groups in total. The number of nitrogens with zero attached hydrogens (tertiary/aromatic N) is 1. The maximum absolute atomic E-state index is 5.92. The first-order valence-electron chi connectivity index (χ1n) is 7.02. The van der Waals surface area contributed by atoms with Gasteiger partial charge in [0.25, 0.3) is 0 Å². The zero-order chi connectivity index (χ0) is 15.2. The van der Waals surface area contributed by atoms with Crippen LogP contribution in [0.25, 0.3) is 0 Å². The van der Waals surface area contributed by atoms with Crippen LogP contribution in [0.2, 0.25) is 0 Å². The van der Waals surface area contributed by atoms with Crippen LogP contribution in [-0.2, 0) is 0 Å². The quantitative estimate of drug-likeness (QED) is 0.857. The van der Waals surface area contributed by atoms with Crippen molar-refractivity contribution in [3.05, 3.63) is 54.1 Å². The number of hydrogen-bond acceptors (Lipinski definition) is 4. The minimum absolute atomic E-state index is 0.0771. The molecule has 0 saturated heterocycles. The van der Waals surface area contributed by atoms with Crippen LogP contribution in [0.5, 0.6) is 5.75 Å². The third kappa shape index (κ3) is 3.89. The van der Waals surface area contributed by atoms with E-state index in [1.807, 2.05) is 38.4 Å². The Kier molecular flexibility index (Phi) is 5.06. The van der Waals surface area contributed by atoms with Crippen molar-refractivity contribution in [3.63, 3.8) is 0 Å². The first-order valence-corrected chi connectivity index (χ1v) is 7.02. The molecule has 1 unspecified atom stereocenters. The Bertz CT molecular complexity index is 567. The summed E-state index contributed by atoms with van der Waals surface area (Å²) in [6.07, 6.45) is 0. The lowest BCUT2D eigenvalue weighted by atomic mass is 10.1. The molecule has 0 aromatic heterocycles. The van der Waals surface area contributed by atoms with Crippen LogP contribution in [-0.4, -0.2) is 27.7 Å². The lowest BCUT2D eigenvalue weighted by Gasteiger charge is -2.20. The number of anilines is 2. The molecule has 112 valence electrons. The standard InChI is InChI=1S/C17H23N3O/c1-20(2)15-9-7-13(8-10-15)17(12-18)19-14-5-4-6-16(11-14)21-3/h4-11,17,19H,12,18H2,1-3H3. The summed E-state index contributed by atoms with van der Waals surface area (Å²) < 4.78 is 5.24. The van der Waals surface area contributed by atoms with E-state index in [0.29, 0.717) is 6.54 Å². The van der Waals surface area contributed by atoms with Gasteiger partial charge in [0, 0.05) is 38.1 Å². The van der Waals surface area contributed by atoms with Crippen LogP contribution in [0.1, 0.15) is 11.6 Å². The summed E-state index contributed by atoms with van der Waals surface area (Å²) in [4.78, 5) is 2.08. The van der Waals surface area contributed by atoms with Gasteiger partial charge in [-0.2, -0.15) is 0 Å². The third-order valence-corrected chi connectivity index (χ3v) is 3.46. The lowest BCUT2D eigenvalue weighted by molar-refractivity contribution is 0.415. The number of nitrogens with two attached hydrogens (primary N) is 1. The highest BCUT2D eigenvalue weighted by Crippen LogP contribution is 2.23. The number of nitrogens with one attached hydrogen (secondary N) is 1. The van der Waals surface area contributed by atoms with Crippen LogP contribution in [0.3, 0.4) is 0 Å². The Hall–Kier alpha value is -2.20. The largest absolute Gasteiger partial charge is 0.497 e. The molecule has 2 aromatic rings. The molecule has 0 fully saturated rings. The Morgan fingerprint density at radius 1 is 1.14 bits per heavy atom. The second kappa shape index (κ2) is 6.99. The van der Waals surface area contributed by atoms with E-state index in [4.69, 9.17) is 10.5 Å². The Labute approximate surface area is 126 Å². The van der Waals surface area contributed by atoms with Gasteiger partial charge in [0.05, 0.1) is 13.2 Å². The van der Waals surface area contributed by atoms with Gasteiger partial charge in [0.1, 0.15) is 5.75 Å². The molecule has 0 aliphatic rings. The van der Waals surface area contributed by atoms with Crippen molar-refractivity contribution in [3.8, 4) is 5.75 Å². The van der Waals surface area contributed by atoms with E-state index in [0.717, 1.165) is 11.4 Å². The van der Waals surface area contributed by atoms with E-state index < -0.39 is 0 Å². The zero-order valence-electron chi connectivity index (χ0n) is 12.8. The smallest absolute Gasteiger partial charge is 0.120 e. The summed E-state index contributed by atoms with van der Waals surface area (Å²) >= 11 is 0. The van der Waals surface area contributed by atoms with Crippen molar-refractivity contribution in [1.82, 2.24) is 0 Å². The average molecular weight is 285 g/mol. The van der Waals surface area contributed by atoms with Gasteiger partial charge in [0.2, 0.25) is 0 Å². The van der Waals surface area contributed by atoms with Crippen molar-refractivity contribution in [2.45, 2.75) is 6.04 Å². The van der Waals surface area contributed by atoms with Crippen molar-refractivity contribution in [2.24, 2.45) is 5.73 Å². The Morgan fingerprint density at radius 3 is 2.43 bits per heavy atom. The summed E-state index contributed by atoms with van der Waals surface area (Å²) in [5.41, 5.74) is 9.27. The monoisotopic (exact) mass is 285 g/mol. The lowest BCUT2D eigenvalue weighted by Crippen LogP contribution is -2.20. The highest BCUT2D eigenvalue weighted by molar-refractivity contribution is 5.51. The van der Waals surface area contributed by atoms with E-state index in [-0.39, 0.29) is 6.04 Å². The fraction of sp³-hybridized carbons (Fsp3) is 0.294. The molecule has 0 heterocycles. The van der Waals surface area contributed by atoms with E-state index in [1.54, 1.807) is 7.11 Å². The molecular weight excluding hydrogens is 262 g/mol. The molecular formula is C17H23N3O. The SMILES string of the molecule is COc1cccc(NC(CN)c2ccc(N(C)C)cc2)c1. The summed E-state index contributed by atoms with van der Waals surface area (Å²) in [6.45, 7) is 0.526. The highest BCUT2D eigenvalue weighted by atomic mass is 16.5. The number of rotatable bonds is 6. The molecule has 0 aliphatic carbocycles. The molecule has 0 spiro atoms. The first kappa shape index (κ1) is 15.2. The van der Waals surface area contributed by atoms with Gasteiger partial charge in [-0.15, -0.1) is 0 Å². The summed E-state index contributed by atoms with van der Waals surface area (Å²) in [5.74, 6) is 0.832. The maximum Gasteiger partial charge on any atom is 0.120 e. The van der Waals surface area contributed by atoms with Crippen LogP contribution in [0.4, 0.5) is 11.4 Å². The average Bonchev–Trinajstić information content (AvgIpc) is 2.53. The van der Waals surface area contributed by atoms with Crippen molar-refractivity contribution >= 4 is 11.4 Å². The second-order valence-electron chi connectivity index (χ2n) is 5.15. The van der Waals surface area contributed by atoms with Gasteiger partial charge in [-0.3, -0.25) is 0 Å².